The van der Waals surface area contributed by atoms with Gasteiger partial charge in [0, 0.05) is 29.1 Å². The molecule has 0 aromatic rings. The molecule has 0 radical (unpaired) electrons. The molecule has 0 aromatic carbocycles. The summed E-state index contributed by atoms with van der Waals surface area (Å²) in [6.07, 6.45) is 4.20. The zero-order valence-electron chi connectivity index (χ0n) is 12.5. The van der Waals surface area contributed by atoms with Crippen LogP contribution in [0.3, 0.4) is 0 Å². The van der Waals surface area contributed by atoms with Crippen molar-refractivity contribution >= 4 is 11.8 Å². The van der Waals surface area contributed by atoms with Crippen LogP contribution in [0.1, 0.15) is 47.0 Å². The zero-order valence-corrected chi connectivity index (χ0v) is 13.4. The van der Waals surface area contributed by atoms with Gasteiger partial charge in [0.25, 0.3) is 0 Å². The summed E-state index contributed by atoms with van der Waals surface area (Å²) >= 11 is 2.16. The lowest BCUT2D eigenvalue weighted by molar-refractivity contribution is 0.0650. The molecule has 1 N–H and O–H groups in total. The van der Waals surface area contributed by atoms with E-state index in [1.54, 1.807) is 0 Å². The zero-order chi connectivity index (χ0) is 13.2. The third kappa shape index (κ3) is 3.88. The van der Waals surface area contributed by atoms with Gasteiger partial charge in [0.1, 0.15) is 0 Å². The highest BCUT2D eigenvalue weighted by molar-refractivity contribution is 8.00. The van der Waals surface area contributed by atoms with Gasteiger partial charge in [-0.3, -0.25) is 4.90 Å². The van der Waals surface area contributed by atoms with E-state index in [9.17, 15) is 0 Å². The number of hydrogen-bond acceptors (Lipinski definition) is 3. The third-order valence-electron chi connectivity index (χ3n) is 4.51. The Labute approximate surface area is 117 Å². The smallest absolute Gasteiger partial charge is 0.0136 e. The number of nitrogens with one attached hydrogen (secondary N) is 1. The Morgan fingerprint density at radius 1 is 1.28 bits per heavy atom. The molecule has 0 amide bonds. The molecule has 2 rings (SSSR count). The van der Waals surface area contributed by atoms with Crippen LogP contribution >= 0.6 is 11.8 Å². The molecule has 0 aromatic heterocycles. The minimum absolute atomic E-state index is 0.490. The summed E-state index contributed by atoms with van der Waals surface area (Å²) in [5.41, 5.74) is 0. The lowest BCUT2D eigenvalue weighted by atomic mass is 9.78. The van der Waals surface area contributed by atoms with E-state index in [1.807, 2.05) is 0 Å². The van der Waals surface area contributed by atoms with E-state index in [0.29, 0.717) is 10.8 Å². The molecule has 2 atom stereocenters. The number of rotatable bonds is 4. The van der Waals surface area contributed by atoms with Gasteiger partial charge in [0.05, 0.1) is 0 Å². The van der Waals surface area contributed by atoms with E-state index in [4.69, 9.17) is 0 Å². The predicted molar refractivity (Wildman–Crippen MR) is 82.4 cm³/mol. The first kappa shape index (κ1) is 14.7. The van der Waals surface area contributed by atoms with Crippen LogP contribution in [0.15, 0.2) is 0 Å². The highest BCUT2D eigenvalue weighted by atomic mass is 32.2. The van der Waals surface area contributed by atoms with E-state index in [2.05, 4.69) is 49.7 Å². The van der Waals surface area contributed by atoms with Gasteiger partial charge < -0.3 is 5.32 Å². The van der Waals surface area contributed by atoms with E-state index in [-0.39, 0.29) is 0 Å². The molecular formula is C15H30N2S. The summed E-state index contributed by atoms with van der Waals surface area (Å²) in [7, 11) is 0. The summed E-state index contributed by atoms with van der Waals surface area (Å²) in [5, 5.41) is 3.62. The number of nitrogens with zero attached hydrogens (tertiary/aromatic N) is 1. The van der Waals surface area contributed by atoms with Gasteiger partial charge in [-0.25, -0.2) is 0 Å². The molecule has 1 aliphatic carbocycles. The van der Waals surface area contributed by atoms with Gasteiger partial charge in [-0.1, -0.05) is 27.7 Å². The van der Waals surface area contributed by atoms with Crippen LogP contribution in [0.5, 0.6) is 0 Å². The molecule has 2 fully saturated rings. The van der Waals surface area contributed by atoms with Crippen molar-refractivity contribution in [3.05, 3.63) is 0 Å². The number of thioether (sulfide) groups is 1. The van der Waals surface area contributed by atoms with Gasteiger partial charge in [-0.2, -0.15) is 11.8 Å². The van der Waals surface area contributed by atoms with E-state index in [1.165, 1.54) is 44.6 Å². The van der Waals surface area contributed by atoms with Crippen LogP contribution in [-0.4, -0.2) is 47.1 Å². The maximum Gasteiger partial charge on any atom is 0.0136 e. The Bertz CT molecular complexity index is 265. The molecule has 1 aliphatic heterocycles. The quantitative estimate of drug-likeness (QED) is 0.845. The molecule has 0 spiro atoms. The van der Waals surface area contributed by atoms with Crippen LogP contribution in [0.4, 0.5) is 0 Å². The van der Waals surface area contributed by atoms with Crippen LogP contribution in [0.25, 0.3) is 0 Å². The van der Waals surface area contributed by atoms with Crippen molar-refractivity contribution in [2.24, 2.45) is 5.92 Å². The van der Waals surface area contributed by atoms with Gasteiger partial charge in [-0.15, -0.1) is 0 Å². The van der Waals surface area contributed by atoms with E-state index in [0.717, 1.165) is 12.0 Å². The topological polar surface area (TPSA) is 15.3 Å². The Balaban J connectivity index is 1.80. The fourth-order valence-electron chi connectivity index (χ4n) is 3.02. The lowest BCUT2D eigenvalue weighted by Crippen LogP contribution is -2.51. The van der Waals surface area contributed by atoms with Crippen molar-refractivity contribution in [1.29, 1.82) is 0 Å². The summed E-state index contributed by atoms with van der Waals surface area (Å²) in [4.78, 5) is 2.78. The van der Waals surface area contributed by atoms with Crippen molar-refractivity contribution in [2.75, 3.05) is 25.4 Å². The highest BCUT2D eigenvalue weighted by Crippen LogP contribution is 2.36. The van der Waals surface area contributed by atoms with E-state index < -0.39 is 0 Å². The van der Waals surface area contributed by atoms with Crippen molar-refractivity contribution < 1.29 is 0 Å². The second-order valence-corrected chi connectivity index (χ2v) is 8.66. The first-order chi connectivity index (χ1) is 8.48. The maximum atomic E-state index is 3.62. The average molecular weight is 270 g/mol. The average Bonchev–Trinajstić information content (AvgIpc) is 2.39. The Morgan fingerprint density at radius 3 is 2.67 bits per heavy atom. The van der Waals surface area contributed by atoms with Gasteiger partial charge in [0.2, 0.25) is 0 Å². The summed E-state index contributed by atoms with van der Waals surface area (Å²) in [5.74, 6) is 2.21. The second kappa shape index (κ2) is 6.15. The normalized spacial score (nSPS) is 33.2. The molecule has 106 valence electrons. The maximum absolute atomic E-state index is 3.62. The fourth-order valence-corrected chi connectivity index (χ4v) is 4.14. The first-order valence-electron chi connectivity index (χ1n) is 7.59. The van der Waals surface area contributed by atoms with Crippen LogP contribution < -0.4 is 5.32 Å². The predicted octanol–water partition coefficient (Wildman–Crippen LogP) is 2.98. The molecule has 2 aliphatic rings. The number of hydrogen-bond donors (Lipinski definition) is 1. The van der Waals surface area contributed by atoms with Crippen molar-refractivity contribution in [3.63, 3.8) is 0 Å². The van der Waals surface area contributed by atoms with Gasteiger partial charge in [0.15, 0.2) is 0 Å². The fraction of sp³-hybridized carbons (Fsp3) is 1.00. The van der Waals surface area contributed by atoms with Crippen molar-refractivity contribution in [3.8, 4) is 0 Å². The van der Waals surface area contributed by atoms with Crippen molar-refractivity contribution in [1.82, 2.24) is 10.2 Å². The van der Waals surface area contributed by atoms with Crippen LogP contribution in [0, 0.1) is 5.92 Å². The molecular weight excluding hydrogens is 240 g/mol. The second-order valence-electron chi connectivity index (χ2n) is 6.86. The molecule has 1 heterocycles. The molecule has 18 heavy (non-hydrogen) atoms. The molecule has 3 heteroatoms. The molecule has 0 bridgehead atoms. The third-order valence-corrected chi connectivity index (χ3v) is 5.88. The summed E-state index contributed by atoms with van der Waals surface area (Å²) < 4.78 is 0.490. The standard InChI is InChI=1S/C15H30N2S/c1-12(2)16-11-13-5-6-14(13)17-8-7-15(3,4)18-10-9-17/h12-14,16H,5-11H2,1-4H3. The summed E-state index contributed by atoms with van der Waals surface area (Å²) in [6.45, 7) is 13.1. The van der Waals surface area contributed by atoms with Gasteiger partial charge in [-0.05, 0) is 38.3 Å². The molecule has 1 saturated carbocycles. The molecule has 2 unspecified atom stereocenters. The largest absolute Gasteiger partial charge is 0.314 e. The minimum Gasteiger partial charge on any atom is -0.314 e. The Morgan fingerprint density at radius 2 is 2.06 bits per heavy atom. The lowest BCUT2D eigenvalue weighted by Gasteiger charge is -2.44. The van der Waals surface area contributed by atoms with Crippen LogP contribution in [0.2, 0.25) is 0 Å². The monoisotopic (exact) mass is 270 g/mol. The minimum atomic E-state index is 0.490. The first-order valence-corrected chi connectivity index (χ1v) is 8.58. The van der Waals surface area contributed by atoms with Crippen molar-refractivity contribution in [2.45, 2.75) is 63.8 Å². The highest BCUT2D eigenvalue weighted by Gasteiger charge is 2.36. The SMILES string of the molecule is CC(C)NCC1CCC1N1CCSC(C)(C)CC1. The van der Waals surface area contributed by atoms with Gasteiger partial charge >= 0.3 is 0 Å². The Kier molecular flexibility index (Phi) is 5.01. The molecule has 1 saturated heterocycles. The van der Waals surface area contributed by atoms with Crippen LogP contribution in [-0.2, 0) is 0 Å². The summed E-state index contributed by atoms with van der Waals surface area (Å²) in [6, 6.07) is 1.50. The van der Waals surface area contributed by atoms with E-state index >= 15 is 0 Å². The Hall–Kier alpha value is 0.270. The molecule has 2 nitrogen and oxygen atoms in total.